The van der Waals surface area contributed by atoms with Crippen LogP contribution in [0.3, 0.4) is 0 Å². The van der Waals surface area contributed by atoms with Gasteiger partial charge in [-0.2, -0.15) is 9.40 Å². The molecule has 3 heterocycles. The molecule has 0 atom stereocenters. The van der Waals surface area contributed by atoms with Crippen LogP contribution in [0.15, 0.2) is 74.9 Å². The van der Waals surface area contributed by atoms with Gasteiger partial charge >= 0.3 is 5.76 Å². The maximum atomic E-state index is 12.8. The Kier molecular flexibility index (Phi) is 5.80. The molecule has 0 bridgehead atoms. The SMILES string of the molecule is O=C(CCn1c(=O)oc2cc(S(=O)(=O)N3CCCC3)ccc21)Nc1ccn(-c2ccccc2)n1. The highest BCUT2D eigenvalue weighted by Crippen LogP contribution is 2.24. The van der Waals surface area contributed by atoms with Gasteiger partial charge in [-0.3, -0.25) is 9.36 Å². The highest BCUT2D eigenvalue weighted by atomic mass is 32.2. The largest absolute Gasteiger partial charge is 0.419 e. The van der Waals surface area contributed by atoms with Gasteiger partial charge in [0.15, 0.2) is 11.4 Å². The number of para-hydroxylation sites is 1. The second kappa shape index (κ2) is 8.92. The lowest BCUT2D eigenvalue weighted by molar-refractivity contribution is -0.116. The third kappa shape index (κ3) is 4.27. The zero-order valence-corrected chi connectivity index (χ0v) is 19.1. The molecule has 4 aromatic rings. The van der Waals surface area contributed by atoms with Crippen LogP contribution < -0.4 is 11.1 Å². The van der Waals surface area contributed by atoms with Crippen LogP contribution in [0.25, 0.3) is 16.8 Å². The predicted molar refractivity (Wildman–Crippen MR) is 125 cm³/mol. The van der Waals surface area contributed by atoms with Gasteiger partial charge in [0.05, 0.1) is 16.1 Å². The van der Waals surface area contributed by atoms with Gasteiger partial charge in [0.2, 0.25) is 15.9 Å². The highest BCUT2D eigenvalue weighted by Gasteiger charge is 2.28. The number of aromatic nitrogens is 3. The van der Waals surface area contributed by atoms with E-state index in [-0.39, 0.29) is 29.4 Å². The summed E-state index contributed by atoms with van der Waals surface area (Å²) in [5.74, 6) is -0.560. The van der Waals surface area contributed by atoms with Gasteiger partial charge in [-0.25, -0.2) is 17.9 Å². The molecule has 34 heavy (non-hydrogen) atoms. The summed E-state index contributed by atoms with van der Waals surface area (Å²) < 4.78 is 35.3. The Labute approximate surface area is 195 Å². The number of hydrogen-bond acceptors (Lipinski definition) is 6. The van der Waals surface area contributed by atoms with Crippen molar-refractivity contribution in [3.63, 3.8) is 0 Å². The number of hydrogen-bond donors (Lipinski definition) is 1. The summed E-state index contributed by atoms with van der Waals surface area (Å²) in [6.45, 7) is 1.06. The minimum Gasteiger partial charge on any atom is -0.408 e. The number of carbonyl (C=O) groups excluding carboxylic acids is 1. The third-order valence-corrected chi connectivity index (χ3v) is 7.68. The zero-order valence-electron chi connectivity index (χ0n) is 18.3. The average molecular weight is 482 g/mol. The van der Waals surface area contributed by atoms with Crippen molar-refractivity contribution in [1.82, 2.24) is 18.7 Å². The van der Waals surface area contributed by atoms with Crippen molar-refractivity contribution in [2.75, 3.05) is 18.4 Å². The third-order valence-electron chi connectivity index (χ3n) is 5.78. The summed E-state index contributed by atoms with van der Waals surface area (Å²) in [6, 6.07) is 15.6. The Balaban J connectivity index is 1.28. The number of aryl methyl sites for hydroxylation is 1. The van der Waals surface area contributed by atoms with Crippen LogP contribution in [0.5, 0.6) is 0 Å². The molecule has 1 amide bonds. The monoisotopic (exact) mass is 481 g/mol. The molecule has 5 rings (SSSR count). The van der Waals surface area contributed by atoms with Crippen molar-refractivity contribution >= 4 is 32.8 Å². The molecule has 1 fully saturated rings. The summed E-state index contributed by atoms with van der Waals surface area (Å²) in [6.07, 6.45) is 3.43. The first-order valence-electron chi connectivity index (χ1n) is 11.0. The Morgan fingerprint density at radius 2 is 1.82 bits per heavy atom. The number of sulfonamides is 1. The van der Waals surface area contributed by atoms with Crippen LogP contribution in [0, 0.1) is 0 Å². The molecule has 1 N–H and O–H groups in total. The van der Waals surface area contributed by atoms with Gasteiger partial charge in [0.25, 0.3) is 0 Å². The lowest BCUT2D eigenvalue weighted by Crippen LogP contribution is -2.27. The minimum absolute atomic E-state index is 0.0144. The smallest absolute Gasteiger partial charge is 0.408 e. The molecule has 2 aromatic carbocycles. The van der Waals surface area contributed by atoms with Gasteiger partial charge in [-0.15, -0.1) is 0 Å². The van der Waals surface area contributed by atoms with E-state index in [1.54, 1.807) is 23.0 Å². The summed E-state index contributed by atoms with van der Waals surface area (Å²) in [7, 11) is -3.62. The van der Waals surface area contributed by atoms with E-state index in [1.165, 1.54) is 21.0 Å². The van der Waals surface area contributed by atoms with Crippen molar-refractivity contribution in [2.45, 2.75) is 30.7 Å². The Morgan fingerprint density at radius 3 is 2.59 bits per heavy atom. The van der Waals surface area contributed by atoms with Crippen LogP contribution in [0.4, 0.5) is 5.82 Å². The lowest BCUT2D eigenvalue weighted by atomic mass is 10.3. The zero-order chi connectivity index (χ0) is 23.7. The van der Waals surface area contributed by atoms with Crippen LogP contribution in [-0.4, -0.2) is 46.1 Å². The molecule has 0 aliphatic carbocycles. The van der Waals surface area contributed by atoms with Gasteiger partial charge in [-0.05, 0) is 37.1 Å². The lowest BCUT2D eigenvalue weighted by Gasteiger charge is -2.15. The fourth-order valence-electron chi connectivity index (χ4n) is 4.03. The van der Waals surface area contributed by atoms with E-state index in [0.717, 1.165) is 18.5 Å². The van der Waals surface area contributed by atoms with Gasteiger partial charge in [-0.1, -0.05) is 18.2 Å². The molecule has 1 saturated heterocycles. The fourth-order valence-corrected chi connectivity index (χ4v) is 5.56. The second-order valence-electron chi connectivity index (χ2n) is 8.04. The normalized spacial score (nSPS) is 14.6. The number of rotatable bonds is 7. The molecule has 10 nitrogen and oxygen atoms in total. The summed E-state index contributed by atoms with van der Waals surface area (Å²) in [5, 5.41) is 7.06. The van der Waals surface area contributed by atoms with Gasteiger partial charge < -0.3 is 9.73 Å². The molecule has 11 heteroatoms. The van der Waals surface area contributed by atoms with E-state index in [9.17, 15) is 18.0 Å². The number of carbonyl (C=O) groups is 1. The van der Waals surface area contributed by atoms with E-state index >= 15 is 0 Å². The highest BCUT2D eigenvalue weighted by molar-refractivity contribution is 7.89. The number of amides is 1. The summed E-state index contributed by atoms with van der Waals surface area (Å²) in [5.41, 5.74) is 1.48. The first-order chi connectivity index (χ1) is 16.4. The first-order valence-corrected chi connectivity index (χ1v) is 12.4. The average Bonchev–Trinajstić information content (AvgIpc) is 3.58. The Morgan fingerprint density at radius 1 is 1.06 bits per heavy atom. The standard InChI is InChI=1S/C23H23N5O5S/c29-22(24-21-10-15-28(25-21)17-6-2-1-3-7-17)11-14-27-19-9-8-18(16-20(19)33-23(27)30)34(31,32)26-12-4-5-13-26/h1-3,6-10,15-16H,4-5,11-14H2,(H,24,25,29). The molecule has 0 saturated carbocycles. The molecular weight excluding hydrogens is 458 g/mol. The maximum absolute atomic E-state index is 12.8. The summed E-state index contributed by atoms with van der Waals surface area (Å²) in [4.78, 5) is 24.9. The molecule has 1 aliphatic heterocycles. The summed E-state index contributed by atoms with van der Waals surface area (Å²) >= 11 is 0. The Hall–Kier alpha value is -3.70. The molecular formula is C23H23N5O5S. The molecule has 0 unspecified atom stereocenters. The number of nitrogens with one attached hydrogen (secondary N) is 1. The molecule has 176 valence electrons. The molecule has 0 spiro atoms. The quantitative estimate of drug-likeness (QED) is 0.433. The van der Waals surface area contributed by atoms with Gasteiger partial charge in [0, 0.05) is 44.4 Å². The molecule has 0 radical (unpaired) electrons. The Bertz CT molecular complexity index is 1500. The van der Waals surface area contributed by atoms with Crippen LogP contribution in [0.2, 0.25) is 0 Å². The van der Waals surface area contributed by atoms with E-state index < -0.39 is 15.8 Å². The number of benzene rings is 2. The van der Waals surface area contributed by atoms with Crippen LogP contribution >= 0.6 is 0 Å². The topological polar surface area (TPSA) is 119 Å². The fraction of sp³-hybridized carbons (Fsp3) is 0.261. The van der Waals surface area contributed by atoms with E-state index in [2.05, 4.69) is 10.4 Å². The van der Waals surface area contributed by atoms with E-state index in [4.69, 9.17) is 4.42 Å². The predicted octanol–water partition coefficient (Wildman–Crippen LogP) is 2.59. The number of anilines is 1. The number of fused-ring (bicyclic) bond motifs is 1. The van der Waals surface area contributed by atoms with Crippen LogP contribution in [0.1, 0.15) is 19.3 Å². The maximum Gasteiger partial charge on any atom is 0.419 e. The number of oxazole rings is 1. The van der Waals surface area contributed by atoms with Crippen molar-refractivity contribution < 1.29 is 17.6 Å². The molecule has 2 aromatic heterocycles. The van der Waals surface area contributed by atoms with E-state index in [0.29, 0.717) is 24.4 Å². The minimum atomic E-state index is -3.62. The van der Waals surface area contributed by atoms with Gasteiger partial charge in [0.1, 0.15) is 0 Å². The van der Waals surface area contributed by atoms with Crippen molar-refractivity contribution in [3.8, 4) is 5.69 Å². The van der Waals surface area contributed by atoms with Crippen LogP contribution in [-0.2, 0) is 21.4 Å². The van der Waals surface area contributed by atoms with Crippen molar-refractivity contribution in [1.29, 1.82) is 0 Å². The number of nitrogens with zero attached hydrogens (tertiary/aromatic N) is 4. The van der Waals surface area contributed by atoms with Crippen molar-refractivity contribution in [3.05, 3.63) is 71.3 Å². The molecule has 1 aliphatic rings. The van der Waals surface area contributed by atoms with E-state index in [1.807, 2.05) is 30.3 Å². The second-order valence-corrected chi connectivity index (χ2v) is 9.98. The first kappa shape index (κ1) is 22.1. The van der Waals surface area contributed by atoms with Crippen molar-refractivity contribution in [2.24, 2.45) is 0 Å².